The van der Waals surface area contributed by atoms with E-state index in [4.69, 9.17) is 9.84 Å². The van der Waals surface area contributed by atoms with Crippen LogP contribution in [0.15, 0.2) is 12.4 Å². The Bertz CT molecular complexity index is 593. The van der Waals surface area contributed by atoms with Gasteiger partial charge in [-0.05, 0) is 31.1 Å². The predicted molar refractivity (Wildman–Crippen MR) is 92.3 cm³/mol. The molecule has 2 heterocycles. The van der Waals surface area contributed by atoms with E-state index in [9.17, 15) is 9.59 Å². The molecule has 7 heteroatoms. The van der Waals surface area contributed by atoms with Gasteiger partial charge in [0.15, 0.2) is 5.78 Å². The number of piperidine rings is 1. The fourth-order valence-electron chi connectivity index (χ4n) is 3.30. The fraction of sp³-hybridized carbons (Fsp3) is 0.667. The average molecular weight is 349 g/mol. The second-order valence-corrected chi connectivity index (χ2v) is 6.85. The van der Waals surface area contributed by atoms with Gasteiger partial charge in [0.2, 0.25) is 0 Å². The molecule has 0 bridgehead atoms. The largest absolute Gasteiger partial charge is 0.450 e. The highest BCUT2D eigenvalue weighted by Crippen LogP contribution is 2.41. The van der Waals surface area contributed by atoms with Crippen LogP contribution in [0.3, 0.4) is 0 Å². The molecule has 0 aliphatic carbocycles. The smallest absolute Gasteiger partial charge is 0.409 e. The summed E-state index contributed by atoms with van der Waals surface area (Å²) in [6.07, 6.45) is 5.14. The van der Waals surface area contributed by atoms with Crippen molar-refractivity contribution in [2.45, 2.75) is 40.0 Å². The molecule has 0 radical (unpaired) electrons. The Kier molecular flexibility index (Phi) is 6.47. The molecule has 25 heavy (non-hydrogen) atoms. The number of hydrogen-bond acceptors (Lipinski definition) is 6. The zero-order chi connectivity index (χ0) is 18.4. The molecule has 0 spiro atoms. The van der Waals surface area contributed by atoms with Gasteiger partial charge in [-0.25, -0.2) is 14.8 Å². The van der Waals surface area contributed by atoms with Gasteiger partial charge in [0.25, 0.3) is 0 Å². The van der Waals surface area contributed by atoms with Crippen LogP contribution in [0.1, 0.15) is 49.8 Å². The molecule has 1 saturated heterocycles. The third-order valence-corrected chi connectivity index (χ3v) is 5.19. The lowest BCUT2D eigenvalue weighted by atomic mass is 9.67. The second kappa shape index (κ2) is 8.38. The van der Waals surface area contributed by atoms with E-state index in [1.807, 2.05) is 6.92 Å². The molecule has 1 aliphatic rings. The maximum atomic E-state index is 11.9. The molecule has 2 rings (SSSR count). The van der Waals surface area contributed by atoms with Crippen LogP contribution < -0.4 is 0 Å². The summed E-state index contributed by atoms with van der Waals surface area (Å²) in [6, 6.07) is 0. The van der Waals surface area contributed by atoms with Crippen LogP contribution >= 0.6 is 0 Å². The van der Waals surface area contributed by atoms with Crippen molar-refractivity contribution in [2.75, 3.05) is 26.3 Å². The van der Waals surface area contributed by atoms with Crippen LogP contribution in [0.25, 0.3) is 0 Å². The van der Waals surface area contributed by atoms with Crippen LogP contribution in [0.4, 0.5) is 4.79 Å². The van der Waals surface area contributed by atoms with E-state index in [-0.39, 0.29) is 17.3 Å². The minimum absolute atomic E-state index is 0.0193. The number of aliphatic hydroxyl groups excluding tert-OH is 1. The molecule has 1 N–H and O–H groups in total. The molecule has 1 aromatic heterocycles. The van der Waals surface area contributed by atoms with E-state index in [0.717, 1.165) is 12.8 Å². The molecular weight excluding hydrogens is 322 g/mol. The maximum absolute atomic E-state index is 11.9. The van der Waals surface area contributed by atoms with Crippen molar-refractivity contribution in [1.29, 1.82) is 0 Å². The Labute approximate surface area is 148 Å². The lowest BCUT2D eigenvalue weighted by molar-refractivity contribution is 0.0451. The summed E-state index contributed by atoms with van der Waals surface area (Å²) in [5.41, 5.74) is 0.341. The number of aliphatic hydroxyl groups is 1. The molecule has 7 nitrogen and oxygen atoms in total. The number of Topliss-reactive ketones (excluding diaryl/α,β-unsaturated/α-hetero) is 1. The number of amides is 1. The molecule has 1 aliphatic heterocycles. The summed E-state index contributed by atoms with van der Waals surface area (Å²) < 4.78 is 5.08. The van der Waals surface area contributed by atoms with E-state index >= 15 is 0 Å². The molecule has 0 saturated carbocycles. The Morgan fingerprint density at radius 3 is 2.36 bits per heavy atom. The zero-order valence-electron chi connectivity index (χ0n) is 15.2. The van der Waals surface area contributed by atoms with Gasteiger partial charge in [0.05, 0.1) is 12.2 Å². The van der Waals surface area contributed by atoms with Crippen LogP contribution in [0.2, 0.25) is 0 Å². The Morgan fingerprint density at radius 2 is 1.88 bits per heavy atom. The predicted octanol–water partition coefficient (Wildman–Crippen LogP) is 2.09. The number of hydrogen-bond donors (Lipinski definition) is 1. The second-order valence-electron chi connectivity index (χ2n) is 6.85. The molecule has 138 valence electrons. The summed E-state index contributed by atoms with van der Waals surface area (Å²) in [7, 11) is 0. The van der Waals surface area contributed by atoms with Crippen molar-refractivity contribution in [3.05, 3.63) is 23.8 Å². The molecule has 1 aromatic rings. The average Bonchev–Trinajstić information content (AvgIpc) is 2.62. The van der Waals surface area contributed by atoms with Crippen molar-refractivity contribution >= 4 is 11.9 Å². The minimum atomic E-state index is -0.539. The molecule has 1 amide bonds. The lowest BCUT2D eigenvalue weighted by Crippen LogP contribution is -2.46. The highest BCUT2D eigenvalue weighted by atomic mass is 16.6. The van der Waals surface area contributed by atoms with Crippen molar-refractivity contribution < 1.29 is 19.4 Å². The van der Waals surface area contributed by atoms with E-state index in [1.165, 1.54) is 12.4 Å². The Morgan fingerprint density at radius 1 is 1.28 bits per heavy atom. The van der Waals surface area contributed by atoms with E-state index < -0.39 is 6.61 Å². The first-order valence-corrected chi connectivity index (χ1v) is 8.78. The third kappa shape index (κ3) is 4.54. The molecular formula is C18H27N3O4. The highest BCUT2D eigenvalue weighted by Gasteiger charge is 2.39. The van der Waals surface area contributed by atoms with Crippen molar-refractivity contribution in [3.63, 3.8) is 0 Å². The minimum Gasteiger partial charge on any atom is -0.450 e. The van der Waals surface area contributed by atoms with Crippen molar-refractivity contribution in [3.8, 4) is 0 Å². The van der Waals surface area contributed by atoms with Crippen molar-refractivity contribution in [2.24, 2.45) is 11.3 Å². The number of aromatic nitrogens is 2. The number of carbonyl (C=O) groups excluding carboxylic acids is 2. The molecule has 0 aromatic carbocycles. The number of nitrogens with zero attached hydrogens (tertiary/aromatic N) is 3. The molecule has 1 fully saturated rings. The number of rotatable bonds is 6. The van der Waals surface area contributed by atoms with E-state index in [0.29, 0.717) is 43.4 Å². The number of ether oxygens (including phenoxy) is 1. The van der Waals surface area contributed by atoms with Crippen LogP contribution in [-0.2, 0) is 11.2 Å². The summed E-state index contributed by atoms with van der Waals surface area (Å²) >= 11 is 0. The first kappa shape index (κ1) is 19.3. The zero-order valence-corrected chi connectivity index (χ0v) is 15.2. The van der Waals surface area contributed by atoms with Crippen LogP contribution in [-0.4, -0.2) is 58.2 Å². The monoisotopic (exact) mass is 349 g/mol. The van der Waals surface area contributed by atoms with Gasteiger partial charge < -0.3 is 14.7 Å². The van der Waals surface area contributed by atoms with Crippen molar-refractivity contribution in [1.82, 2.24) is 14.9 Å². The molecule has 0 atom stereocenters. The van der Waals surface area contributed by atoms with Gasteiger partial charge in [-0.1, -0.05) is 13.8 Å². The maximum Gasteiger partial charge on any atom is 0.409 e. The molecule has 0 unspecified atom stereocenters. The fourth-order valence-corrected chi connectivity index (χ4v) is 3.30. The highest BCUT2D eigenvalue weighted by molar-refractivity contribution is 5.96. The summed E-state index contributed by atoms with van der Waals surface area (Å²) in [6.45, 7) is 7.35. The summed E-state index contributed by atoms with van der Waals surface area (Å²) in [5.74, 6) is 0.722. The Hall–Kier alpha value is -2.02. The van der Waals surface area contributed by atoms with Gasteiger partial charge in [-0.2, -0.15) is 0 Å². The number of carbonyl (C=O) groups is 2. The number of ketones is 1. The van der Waals surface area contributed by atoms with Gasteiger partial charge in [0, 0.05) is 31.9 Å². The summed E-state index contributed by atoms with van der Waals surface area (Å²) in [4.78, 5) is 33.7. The number of likely N-dealkylation sites (tertiary alicyclic amines) is 1. The van der Waals surface area contributed by atoms with Crippen LogP contribution in [0, 0.1) is 11.3 Å². The first-order chi connectivity index (χ1) is 11.9. The standard InChI is InChI=1S/C18H27N3O4/c1-4-25-17(24)21-7-5-18(6-8-21,13(2)3)9-16-19-10-14(11-20-16)15(23)12-22/h10-11,13,22H,4-9,12H2,1-3H3. The van der Waals surface area contributed by atoms with E-state index in [2.05, 4.69) is 23.8 Å². The van der Waals surface area contributed by atoms with Gasteiger partial charge in [-0.15, -0.1) is 0 Å². The van der Waals surface area contributed by atoms with Crippen LogP contribution in [0.5, 0.6) is 0 Å². The van der Waals surface area contributed by atoms with Gasteiger partial charge in [-0.3, -0.25) is 4.79 Å². The van der Waals surface area contributed by atoms with Gasteiger partial charge >= 0.3 is 6.09 Å². The van der Waals surface area contributed by atoms with Gasteiger partial charge in [0.1, 0.15) is 12.4 Å². The third-order valence-electron chi connectivity index (χ3n) is 5.19. The topological polar surface area (TPSA) is 92.6 Å². The lowest BCUT2D eigenvalue weighted by Gasteiger charge is -2.44. The quantitative estimate of drug-likeness (QED) is 0.791. The first-order valence-electron chi connectivity index (χ1n) is 8.78. The normalized spacial score (nSPS) is 16.8. The SMILES string of the molecule is CCOC(=O)N1CCC(Cc2ncc(C(=O)CO)cn2)(C(C)C)CC1. The van der Waals surface area contributed by atoms with E-state index in [1.54, 1.807) is 4.90 Å². The summed E-state index contributed by atoms with van der Waals surface area (Å²) in [5, 5.41) is 8.89. The Balaban J connectivity index is 2.06.